The second kappa shape index (κ2) is 8.34. The molecule has 3 aromatic rings. The predicted octanol–water partition coefficient (Wildman–Crippen LogP) is 6.61. The van der Waals surface area contributed by atoms with Crippen LogP contribution in [0.5, 0.6) is 0 Å². The Labute approximate surface area is 194 Å². The first-order chi connectivity index (χ1) is 15.3. The zero-order chi connectivity index (χ0) is 24.1. The van der Waals surface area contributed by atoms with Crippen molar-refractivity contribution in [3.63, 3.8) is 0 Å². The van der Waals surface area contributed by atoms with E-state index in [4.69, 9.17) is 16.3 Å². The Kier molecular flexibility index (Phi) is 5.97. The summed E-state index contributed by atoms with van der Waals surface area (Å²) in [5.41, 5.74) is 0.883. The maximum atomic E-state index is 13.3. The third kappa shape index (κ3) is 4.74. The molecule has 2 aromatic heterocycles. The van der Waals surface area contributed by atoms with Crippen molar-refractivity contribution in [3.05, 3.63) is 35.2 Å². The first-order valence-electron chi connectivity index (χ1n) is 10.9. The van der Waals surface area contributed by atoms with Gasteiger partial charge in [-0.1, -0.05) is 11.6 Å². The molecule has 0 spiro atoms. The van der Waals surface area contributed by atoms with Crippen molar-refractivity contribution in [1.29, 1.82) is 0 Å². The molecule has 0 aliphatic carbocycles. The average molecular weight is 483 g/mol. The van der Waals surface area contributed by atoms with Gasteiger partial charge in [-0.2, -0.15) is 13.2 Å². The van der Waals surface area contributed by atoms with Crippen molar-refractivity contribution in [1.82, 2.24) is 19.4 Å². The summed E-state index contributed by atoms with van der Waals surface area (Å²) in [5.74, 6) is -1.18. The van der Waals surface area contributed by atoms with Gasteiger partial charge in [0, 0.05) is 29.0 Å². The number of hydrogen-bond donors (Lipinski definition) is 0. The summed E-state index contributed by atoms with van der Waals surface area (Å²) in [4.78, 5) is 21.9. The van der Waals surface area contributed by atoms with Crippen LogP contribution in [0.15, 0.2) is 24.4 Å². The molecule has 3 heterocycles. The molecule has 0 bridgehead atoms. The summed E-state index contributed by atoms with van der Waals surface area (Å²) in [7, 11) is 0. The minimum atomic E-state index is -4.65. The first kappa shape index (κ1) is 23.6. The molecule has 1 aliphatic rings. The van der Waals surface area contributed by atoms with Gasteiger partial charge in [0.05, 0.1) is 17.2 Å². The maximum Gasteiger partial charge on any atom is 0.451 e. The van der Waals surface area contributed by atoms with Crippen molar-refractivity contribution in [2.75, 3.05) is 6.54 Å². The minimum Gasteiger partial charge on any atom is -0.444 e. The smallest absolute Gasteiger partial charge is 0.444 e. The monoisotopic (exact) mass is 482 g/mol. The van der Waals surface area contributed by atoms with Gasteiger partial charge in [-0.15, -0.1) is 0 Å². The van der Waals surface area contributed by atoms with Gasteiger partial charge in [0.2, 0.25) is 5.82 Å². The molecule has 1 aromatic carbocycles. The van der Waals surface area contributed by atoms with Crippen LogP contribution in [0.25, 0.3) is 21.9 Å². The molecule has 0 saturated carbocycles. The number of ether oxygens (including phenoxy) is 1. The number of nitrogens with zero attached hydrogens (tertiary/aromatic N) is 4. The molecule has 1 amide bonds. The fourth-order valence-corrected chi connectivity index (χ4v) is 4.58. The molecule has 6 nitrogen and oxygen atoms in total. The second-order valence-corrected chi connectivity index (χ2v) is 9.94. The van der Waals surface area contributed by atoms with E-state index in [1.165, 1.54) is 6.20 Å². The molecular formula is C23H26ClF3N4O2. The number of hydrogen-bond acceptors (Lipinski definition) is 4. The molecule has 0 radical (unpaired) electrons. The average Bonchev–Trinajstić information content (AvgIpc) is 2.88. The highest BCUT2D eigenvalue weighted by Crippen LogP contribution is 2.38. The summed E-state index contributed by atoms with van der Waals surface area (Å²) >= 11 is 6.16. The van der Waals surface area contributed by atoms with Crippen LogP contribution in [0.2, 0.25) is 5.02 Å². The van der Waals surface area contributed by atoms with E-state index in [2.05, 4.69) is 9.97 Å². The summed E-state index contributed by atoms with van der Waals surface area (Å²) in [5, 5.41) is 0.964. The lowest BCUT2D eigenvalue weighted by molar-refractivity contribution is -0.144. The standard InChI is InChI=1S/C23H26ClF3N4O2/c1-13-5-7-15(9-10-30(13)21(32)33-22(2,3)4)31-17-8-6-14(24)11-16(17)19-18(31)12-28-20(29-19)23(25,26)27/h6,8,11-13,15H,5,7,9-10H2,1-4H3. The van der Waals surface area contributed by atoms with Gasteiger partial charge in [0.25, 0.3) is 0 Å². The lowest BCUT2D eigenvalue weighted by Gasteiger charge is -2.30. The lowest BCUT2D eigenvalue weighted by atomic mass is 10.1. The number of amides is 1. The molecule has 1 saturated heterocycles. The van der Waals surface area contributed by atoms with E-state index < -0.39 is 17.6 Å². The summed E-state index contributed by atoms with van der Waals surface area (Å²) in [6.45, 7) is 7.94. The fourth-order valence-electron chi connectivity index (χ4n) is 4.41. The van der Waals surface area contributed by atoms with Crippen LogP contribution in [0.1, 0.15) is 58.8 Å². The Morgan fingerprint density at radius 3 is 2.55 bits per heavy atom. The largest absolute Gasteiger partial charge is 0.451 e. The van der Waals surface area contributed by atoms with Crippen LogP contribution >= 0.6 is 11.6 Å². The Morgan fingerprint density at radius 2 is 1.88 bits per heavy atom. The highest BCUT2D eigenvalue weighted by molar-refractivity contribution is 6.31. The van der Waals surface area contributed by atoms with E-state index in [-0.39, 0.29) is 23.7 Å². The summed E-state index contributed by atoms with van der Waals surface area (Å²) < 4.78 is 47.4. The molecular weight excluding hydrogens is 457 g/mol. The number of carbonyl (C=O) groups excluding carboxylic acids is 1. The first-order valence-corrected chi connectivity index (χ1v) is 11.3. The zero-order valence-electron chi connectivity index (χ0n) is 18.9. The van der Waals surface area contributed by atoms with Crippen LogP contribution in [0.4, 0.5) is 18.0 Å². The van der Waals surface area contributed by atoms with E-state index in [1.54, 1.807) is 23.1 Å². The number of rotatable bonds is 1. The van der Waals surface area contributed by atoms with E-state index in [1.807, 2.05) is 32.3 Å². The number of alkyl halides is 3. The van der Waals surface area contributed by atoms with Crippen LogP contribution in [-0.4, -0.2) is 43.7 Å². The van der Waals surface area contributed by atoms with E-state index >= 15 is 0 Å². The van der Waals surface area contributed by atoms with Crippen LogP contribution in [-0.2, 0) is 10.9 Å². The van der Waals surface area contributed by atoms with E-state index in [0.29, 0.717) is 28.9 Å². The molecule has 10 heteroatoms. The quantitative estimate of drug-likeness (QED) is 0.391. The van der Waals surface area contributed by atoms with Gasteiger partial charge >= 0.3 is 12.3 Å². The van der Waals surface area contributed by atoms with Crippen LogP contribution in [0.3, 0.4) is 0 Å². The third-order valence-electron chi connectivity index (χ3n) is 5.90. The van der Waals surface area contributed by atoms with E-state index in [9.17, 15) is 18.0 Å². The minimum absolute atomic E-state index is 0.0273. The van der Waals surface area contributed by atoms with Gasteiger partial charge in [-0.3, -0.25) is 0 Å². The zero-order valence-corrected chi connectivity index (χ0v) is 19.7. The molecule has 0 N–H and O–H groups in total. The number of aromatic nitrogens is 3. The van der Waals surface area contributed by atoms with Gasteiger partial charge in [-0.25, -0.2) is 14.8 Å². The van der Waals surface area contributed by atoms with Crippen molar-refractivity contribution in [2.24, 2.45) is 0 Å². The number of carbonyl (C=O) groups is 1. The summed E-state index contributed by atoms with van der Waals surface area (Å²) in [6, 6.07) is 5.06. The molecule has 2 unspecified atom stereocenters. The lowest BCUT2D eigenvalue weighted by Crippen LogP contribution is -2.41. The maximum absolute atomic E-state index is 13.3. The Bertz CT molecular complexity index is 1200. The van der Waals surface area contributed by atoms with Crippen molar-refractivity contribution >= 4 is 39.6 Å². The Morgan fingerprint density at radius 1 is 1.15 bits per heavy atom. The normalized spacial score (nSPS) is 20.3. The highest BCUT2D eigenvalue weighted by Gasteiger charge is 2.36. The topological polar surface area (TPSA) is 60.2 Å². The Hall–Kier alpha value is -2.55. The molecule has 33 heavy (non-hydrogen) atoms. The molecule has 1 fully saturated rings. The van der Waals surface area contributed by atoms with Crippen molar-refractivity contribution in [2.45, 2.75) is 70.8 Å². The van der Waals surface area contributed by atoms with Gasteiger partial charge in [0.1, 0.15) is 11.1 Å². The number of fused-ring (bicyclic) bond motifs is 3. The third-order valence-corrected chi connectivity index (χ3v) is 6.14. The van der Waals surface area contributed by atoms with Crippen molar-refractivity contribution in [3.8, 4) is 0 Å². The van der Waals surface area contributed by atoms with Crippen LogP contribution < -0.4 is 0 Å². The number of likely N-dealkylation sites (tertiary alicyclic amines) is 1. The predicted molar refractivity (Wildman–Crippen MR) is 120 cm³/mol. The van der Waals surface area contributed by atoms with E-state index in [0.717, 1.165) is 18.4 Å². The second-order valence-electron chi connectivity index (χ2n) is 9.50. The Balaban J connectivity index is 1.75. The molecule has 178 valence electrons. The number of benzene rings is 1. The van der Waals surface area contributed by atoms with Gasteiger partial charge < -0.3 is 14.2 Å². The van der Waals surface area contributed by atoms with Crippen molar-refractivity contribution < 1.29 is 22.7 Å². The highest BCUT2D eigenvalue weighted by atomic mass is 35.5. The van der Waals surface area contributed by atoms with Crippen LogP contribution in [0, 0.1) is 0 Å². The van der Waals surface area contributed by atoms with Gasteiger partial charge in [-0.05, 0) is 65.2 Å². The molecule has 4 rings (SSSR count). The molecule has 1 aliphatic heterocycles. The SMILES string of the molecule is CC1CCC(n2c3ccc(Cl)cc3c3nc(C(F)(F)F)ncc32)CCN1C(=O)OC(C)(C)C. The number of halogens is 4. The fraction of sp³-hybridized carbons (Fsp3) is 0.522. The molecule has 2 atom stereocenters. The van der Waals surface area contributed by atoms with Gasteiger partial charge in [0.15, 0.2) is 0 Å². The summed E-state index contributed by atoms with van der Waals surface area (Å²) in [6.07, 6.45) is -1.69.